The molecule has 1 aliphatic rings. The molecule has 136 valence electrons. The van der Waals surface area contributed by atoms with E-state index < -0.39 is 0 Å². The van der Waals surface area contributed by atoms with Crippen molar-refractivity contribution in [1.82, 2.24) is 9.97 Å². The summed E-state index contributed by atoms with van der Waals surface area (Å²) < 4.78 is 11.1. The van der Waals surface area contributed by atoms with Crippen LogP contribution in [0.5, 0.6) is 11.5 Å². The highest BCUT2D eigenvalue weighted by Gasteiger charge is 2.23. The maximum Gasteiger partial charge on any atom is 0.162 e. The fraction of sp³-hybridized carbons (Fsp3) is 0.400. The number of ether oxygens (including phenoxy) is 2. The third-order valence-corrected chi connectivity index (χ3v) is 5.98. The molecule has 5 nitrogen and oxygen atoms in total. The lowest BCUT2D eigenvalue weighted by molar-refractivity contribution is 0.311. The number of rotatable bonds is 5. The van der Waals surface area contributed by atoms with Crippen molar-refractivity contribution >= 4 is 33.1 Å². The Balaban J connectivity index is 1.72. The number of thiophene rings is 1. The summed E-state index contributed by atoms with van der Waals surface area (Å²) in [5.41, 5.74) is 2.35. The number of anilines is 2. The van der Waals surface area contributed by atoms with Gasteiger partial charge in [0, 0.05) is 16.6 Å². The molecule has 0 fully saturated rings. The van der Waals surface area contributed by atoms with E-state index in [1.54, 1.807) is 13.4 Å². The standard InChI is InChI=1S/C20H23N3O2S/c1-4-25-15-8-6-13(10-16(15)24-3)23-19-18-14-7-5-12(2)9-17(14)26-20(18)22-11-21-19/h6,8,10-12H,4-5,7,9H2,1-3H3,(H,21,22,23)/t12-/m1/s1. The summed E-state index contributed by atoms with van der Waals surface area (Å²) in [5.74, 6) is 3.07. The number of nitrogens with zero attached hydrogens (tertiary/aromatic N) is 2. The van der Waals surface area contributed by atoms with Gasteiger partial charge in [-0.25, -0.2) is 9.97 Å². The Kier molecular flexibility index (Phi) is 4.68. The van der Waals surface area contributed by atoms with Gasteiger partial charge in [0.05, 0.1) is 19.1 Å². The molecule has 6 heteroatoms. The summed E-state index contributed by atoms with van der Waals surface area (Å²) in [6.07, 6.45) is 5.11. The van der Waals surface area contributed by atoms with Crippen LogP contribution in [0.3, 0.4) is 0 Å². The average molecular weight is 369 g/mol. The van der Waals surface area contributed by atoms with E-state index in [1.807, 2.05) is 36.5 Å². The highest BCUT2D eigenvalue weighted by atomic mass is 32.1. The van der Waals surface area contributed by atoms with Gasteiger partial charge in [-0.05, 0) is 49.8 Å². The minimum Gasteiger partial charge on any atom is -0.493 e. The second-order valence-electron chi connectivity index (χ2n) is 6.68. The quantitative estimate of drug-likeness (QED) is 0.688. The molecular formula is C20H23N3O2S. The van der Waals surface area contributed by atoms with Gasteiger partial charge in [0.1, 0.15) is 17.0 Å². The number of benzene rings is 1. The van der Waals surface area contributed by atoms with Crippen LogP contribution < -0.4 is 14.8 Å². The number of hydrogen-bond donors (Lipinski definition) is 1. The molecular weight excluding hydrogens is 346 g/mol. The largest absolute Gasteiger partial charge is 0.493 e. The summed E-state index contributed by atoms with van der Waals surface area (Å²) in [4.78, 5) is 11.6. The zero-order valence-corrected chi connectivity index (χ0v) is 16.2. The second-order valence-corrected chi connectivity index (χ2v) is 7.76. The molecule has 2 aromatic heterocycles. The molecule has 0 unspecified atom stereocenters. The Hall–Kier alpha value is -2.34. The fourth-order valence-electron chi connectivity index (χ4n) is 3.53. The van der Waals surface area contributed by atoms with Crippen molar-refractivity contribution in [2.45, 2.75) is 33.1 Å². The van der Waals surface area contributed by atoms with Crippen LogP contribution in [0.2, 0.25) is 0 Å². The van der Waals surface area contributed by atoms with Crippen LogP contribution in [0, 0.1) is 5.92 Å². The Morgan fingerprint density at radius 1 is 1.27 bits per heavy atom. The van der Waals surface area contributed by atoms with E-state index in [9.17, 15) is 0 Å². The van der Waals surface area contributed by atoms with E-state index in [0.717, 1.165) is 40.8 Å². The maximum absolute atomic E-state index is 5.60. The van der Waals surface area contributed by atoms with E-state index in [4.69, 9.17) is 9.47 Å². The molecule has 0 spiro atoms. The second kappa shape index (κ2) is 7.11. The van der Waals surface area contributed by atoms with E-state index in [0.29, 0.717) is 12.4 Å². The van der Waals surface area contributed by atoms with Gasteiger partial charge in [-0.2, -0.15) is 0 Å². The van der Waals surface area contributed by atoms with Crippen molar-refractivity contribution < 1.29 is 9.47 Å². The van der Waals surface area contributed by atoms with Gasteiger partial charge in [0.2, 0.25) is 0 Å². The third-order valence-electron chi connectivity index (χ3n) is 4.82. The number of aromatic nitrogens is 2. The first-order valence-corrected chi connectivity index (χ1v) is 9.84. The van der Waals surface area contributed by atoms with Crippen molar-refractivity contribution in [1.29, 1.82) is 0 Å². The molecule has 0 amide bonds. The lowest BCUT2D eigenvalue weighted by Crippen LogP contribution is -2.09. The lowest BCUT2D eigenvalue weighted by Gasteiger charge is -2.18. The molecule has 1 N–H and O–H groups in total. The predicted octanol–water partition coefficient (Wildman–Crippen LogP) is 4.97. The molecule has 0 saturated carbocycles. The molecule has 0 saturated heterocycles. The molecule has 0 bridgehead atoms. The van der Waals surface area contributed by atoms with Crippen molar-refractivity contribution in [3.63, 3.8) is 0 Å². The topological polar surface area (TPSA) is 56.3 Å². The zero-order chi connectivity index (χ0) is 18.1. The highest BCUT2D eigenvalue weighted by Crippen LogP contribution is 2.40. The Morgan fingerprint density at radius 2 is 2.15 bits per heavy atom. The van der Waals surface area contributed by atoms with Crippen LogP contribution in [0.1, 0.15) is 30.7 Å². The summed E-state index contributed by atoms with van der Waals surface area (Å²) in [6, 6.07) is 5.86. The lowest BCUT2D eigenvalue weighted by atomic mass is 9.89. The van der Waals surface area contributed by atoms with Gasteiger partial charge in [-0.15, -0.1) is 11.3 Å². The summed E-state index contributed by atoms with van der Waals surface area (Å²) in [7, 11) is 1.65. The monoisotopic (exact) mass is 369 g/mol. The van der Waals surface area contributed by atoms with Crippen molar-refractivity contribution in [2.75, 3.05) is 19.0 Å². The molecule has 3 aromatic rings. The van der Waals surface area contributed by atoms with Gasteiger partial charge in [0.25, 0.3) is 0 Å². The molecule has 0 aliphatic heterocycles. The minimum absolute atomic E-state index is 0.606. The summed E-state index contributed by atoms with van der Waals surface area (Å²) in [6.45, 7) is 4.89. The summed E-state index contributed by atoms with van der Waals surface area (Å²) in [5, 5.41) is 4.63. The highest BCUT2D eigenvalue weighted by molar-refractivity contribution is 7.19. The van der Waals surface area contributed by atoms with Gasteiger partial charge in [0.15, 0.2) is 11.5 Å². The Bertz CT molecular complexity index is 938. The fourth-order valence-corrected chi connectivity index (χ4v) is 4.88. The average Bonchev–Trinajstić information content (AvgIpc) is 3.01. The normalized spacial score (nSPS) is 16.3. The van der Waals surface area contributed by atoms with Gasteiger partial charge in [-0.3, -0.25) is 0 Å². The van der Waals surface area contributed by atoms with Crippen molar-refractivity contribution in [2.24, 2.45) is 5.92 Å². The van der Waals surface area contributed by atoms with Crippen LogP contribution in [-0.2, 0) is 12.8 Å². The minimum atomic E-state index is 0.606. The number of nitrogens with one attached hydrogen (secondary N) is 1. The maximum atomic E-state index is 5.60. The Morgan fingerprint density at radius 3 is 2.96 bits per heavy atom. The SMILES string of the molecule is CCOc1ccc(Nc2ncnc3sc4c(c23)CC[C@@H](C)C4)cc1OC. The van der Waals surface area contributed by atoms with Gasteiger partial charge >= 0.3 is 0 Å². The first-order valence-electron chi connectivity index (χ1n) is 9.02. The number of hydrogen-bond acceptors (Lipinski definition) is 6. The Labute approximate surface area is 157 Å². The third kappa shape index (κ3) is 3.09. The van der Waals surface area contributed by atoms with Crippen molar-refractivity contribution in [3.05, 3.63) is 35.0 Å². The summed E-state index contributed by atoms with van der Waals surface area (Å²) >= 11 is 1.81. The smallest absolute Gasteiger partial charge is 0.162 e. The number of methoxy groups -OCH3 is 1. The molecule has 0 radical (unpaired) electrons. The molecule has 1 aromatic carbocycles. The van der Waals surface area contributed by atoms with Crippen LogP contribution in [0.15, 0.2) is 24.5 Å². The van der Waals surface area contributed by atoms with E-state index >= 15 is 0 Å². The molecule has 2 heterocycles. The van der Waals surface area contributed by atoms with E-state index in [1.165, 1.54) is 22.2 Å². The van der Waals surface area contributed by atoms with Crippen molar-refractivity contribution in [3.8, 4) is 11.5 Å². The molecule has 1 aliphatic carbocycles. The van der Waals surface area contributed by atoms with Crippen LogP contribution in [0.25, 0.3) is 10.2 Å². The first kappa shape index (κ1) is 17.1. The van der Waals surface area contributed by atoms with Crippen LogP contribution in [-0.4, -0.2) is 23.7 Å². The molecule has 1 atom stereocenters. The van der Waals surface area contributed by atoms with Gasteiger partial charge in [-0.1, -0.05) is 6.92 Å². The molecule has 26 heavy (non-hydrogen) atoms. The van der Waals surface area contributed by atoms with E-state index in [-0.39, 0.29) is 0 Å². The predicted molar refractivity (Wildman–Crippen MR) is 106 cm³/mol. The number of aryl methyl sites for hydroxylation is 1. The van der Waals surface area contributed by atoms with Gasteiger partial charge < -0.3 is 14.8 Å². The van der Waals surface area contributed by atoms with Crippen LogP contribution in [0.4, 0.5) is 11.5 Å². The number of fused-ring (bicyclic) bond motifs is 3. The van der Waals surface area contributed by atoms with Crippen LogP contribution >= 0.6 is 11.3 Å². The zero-order valence-electron chi connectivity index (χ0n) is 15.3. The van der Waals surface area contributed by atoms with E-state index in [2.05, 4.69) is 22.2 Å². The first-order chi connectivity index (χ1) is 12.7. The molecule has 4 rings (SSSR count).